The van der Waals surface area contributed by atoms with Crippen molar-refractivity contribution in [1.82, 2.24) is 4.72 Å². The highest BCUT2D eigenvalue weighted by Crippen LogP contribution is 2.16. The second kappa shape index (κ2) is 3.47. The van der Waals surface area contributed by atoms with E-state index in [1.165, 1.54) is 0 Å². The Morgan fingerprint density at radius 2 is 2.15 bits per heavy atom. The van der Waals surface area contributed by atoms with Gasteiger partial charge in [0, 0.05) is 6.04 Å². The molecule has 6 heteroatoms. The van der Waals surface area contributed by atoms with Crippen LogP contribution in [0.25, 0.3) is 0 Å². The van der Waals surface area contributed by atoms with Crippen molar-refractivity contribution in [2.75, 3.05) is 6.26 Å². The molecule has 2 atom stereocenters. The lowest BCUT2D eigenvalue weighted by molar-refractivity contribution is -0.121. The van der Waals surface area contributed by atoms with Crippen molar-refractivity contribution in [2.24, 2.45) is 11.7 Å². The van der Waals surface area contributed by atoms with Gasteiger partial charge in [0.2, 0.25) is 15.9 Å². The van der Waals surface area contributed by atoms with Gasteiger partial charge in [-0.1, -0.05) is 12.2 Å². The van der Waals surface area contributed by atoms with Crippen LogP contribution in [0.1, 0.15) is 6.42 Å². The third-order valence-corrected chi connectivity index (χ3v) is 2.31. The van der Waals surface area contributed by atoms with Crippen LogP contribution in [-0.4, -0.2) is 26.6 Å². The number of nitrogens with two attached hydrogens (primary N) is 1. The Morgan fingerprint density at radius 3 is 2.54 bits per heavy atom. The fourth-order valence-corrected chi connectivity index (χ4v) is 1.70. The number of amides is 1. The van der Waals surface area contributed by atoms with E-state index in [9.17, 15) is 13.2 Å². The molecule has 0 saturated carbocycles. The van der Waals surface area contributed by atoms with Crippen LogP contribution in [0.5, 0.6) is 0 Å². The van der Waals surface area contributed by atoms with Crippen molar-refractivity contribution in [3.8, 4) is 0 Å². The average molecular weight is 204 g/mol. The van der Waals surface area contributed by atoms with Gasteiger partial charge in [0.1, 0.15) is 0 Å². The van der Waals surface area contributed by atoms with E-state index in [1.807, 2.05) is 4.72 Å². The summed E-state index contributed by atoms with van der Waals surface area (Å²) in [5.41, 5.74) is 5.51. The lowest BCUT2D eigenvalue weighted by atomic mass is 10.1. The number of carbonyl (C=O) groups excluding carboxylic acids is 1. The van der Waals surface area contributed by atoms with Gasteiger partial charge in [-0.3, -0.25) is 9.52 Å². The first-order chi connectivity index (χ1) is 5.88. The molecule has 0 aromatic rings. The van der Waals surface area contributed by atoms with Gasteiger partial charge >= 0.3 is 0 Å². The predicted molar refractivity (Wildman–Crippen MR) is 48.2 cm³/mol. The number of hydrogen-bond acceptors (Lipinski definition) is 4. The molecule has 0 bridgehead atoms. The molecule has 1 aliphatic carbocycles. The molecule has 13 heavy (non-hydrogen) atoms. The molecule has 0 spiro atoms. The number of hydrogen-bond donors (Lipinski definition) is 2. The number of rotatable bonds is 2. The third-order valence-electron chi connectivity index (χ3n) is 1.74. The summed E-state index contributed by atoms with van der Waals surface area (Å²) < 4.78 is 23.3. The second-order valence-electron chi connectivity index (χ2n) is 3.13. The minimum atomic E-state index is -3.45. The molecule has 0 saturated heterocycles. The van der Waals surface area contributed by atoms with Crippen LogP contribution in [0.4, 0.5) is 0 Å². The van der Waals surface area contributed by atoms with Crippen LogP contribution in [0.3, 0.4) is 0 Å². The van der Waals surface area contributed by atoms with Crippen LogP contribution in [0.2, 0.25) is 0 Å². The smallest absolute Gasteiger partial charge is 0.240 e. The zero-order valence-electron chi connectivity index (χ0n) is 7.23. The van der Waals surface area contributed by atoms with Crippen molar-refractivity contribution in [3.63, 3.8) is 0 Å². The molecule has 0 aromatic heterocycles. The van der Waals surface area contributed by atoms with Crippen LogP contribution in [0, 0.1) is 5.92 Å². The molecule has 0 aliphatic heterocycles. The molecule has 1 rings (SSSR count). The number of carbonyl (C=O) groups is 1. The maximum atomic E-state index is 11.2. The lowest BCUT2D eigenvalue weighted by Crippen LogP contribution is -2.34. The largest absolute Gasteiger partial charge is 0.324 e. The minimum absolute atomic E-state index is 0.143. The number of nitrogens with one attached hydrogen (secondary N) is 1. The van der Waals surface area contributed by atoms with Gasteiger partial charge < -0.3 is 5.73 Å². The second-order valence-corrected chi connectivity index (χ2v) is 4.88. The number of sulfonamides is 1. The van der Waals surface area contributed by atoms with Gasteiger partial charge in [-0.05, 0) is 6.42 Å². The van der Waals surface area contributed by atoms with E-state index in [1.54, 1.807) is 12.2 Å². The molecule has 0 heterocycles. The summed E-state index contributed by atoms with van der Waals surface area (Å²) in [6.07, 6.45) is 4.75. The molecule has 0 aromatic carbocycles. The highest BCUT2D eigenvalue weighted by molar-refractivity contribution is 7.89. The van der Waals surface area contributed by atoms with Crippen LogP contribution >= 0.6 is 0 Å². The van der Waals surface area contributed by atoms with Gasteiger partial charge in [0.05, 0.1) is 12.2 Å². The first-order valence-corrected chi connectivity index (χ1v) is 5.73. The summed E-state index contributed by atoms with van der Waals surface area (Å²) in [5.74, 6) is -0.920. The maximum Gasteiger partial charge on any atom is 0.240 e. The molecule has 74 valence electrons. The fourth-order valence-electron chi connectivity index (χ4n) is 1.18. The zero-order valence-corrected chi connectivity index (χ0v) is 8.04. The van der Waals surface area contributed by atoms with E-state index in [4.69, 9.17) is 5.73 Å². The quantitative estimate of drug-likeness (QED) is 0.563. The molecule has 0 fully saturated rings. The first kappa shape index (κ1) is 10.2. The Bertz CT molecular complexity index is 334. The molecule has 1 amide bonds. The molecule has 1 aliphatic rings. The topological polar surface area (TPSA) is 89.3 Å². The van der Waals surface area contributed by atoms with Crippen molar-refractivity contribution < 1.29 is 13.2 Å². The van der Waals surface area contributed by atoms with Gasteiger partial charge in [0.25, 0.3) is 0 Å². The van der Waals surface area contributed by atoms with E-state index in [0.717, 1.165) is 6.26 Å². The molecular weight excluding hydrogens is 192 g/mol. The van der Waals surface area contributed by atoms with Crippen LogP contribution in [-0.2, 0) is 14.8 Å². The predicted octanol–water partition coefficient (Wildman–Crippen LogP) is -1.03. The zero-order chi connectivity index (χ0) is 10.1. The van der Waals surface area contributed by atoms with Gasteiger partial charge in [-0.2, -0.15) is 0 Å². The summed E-state index contributed by atoms with van der Waals surface area (Å²) in [5, 5.41) is 0. The highest BCUT2D eigenvalue weighted by atomic mass is 32.2. The third kappa shape index (κ3) is 3.16. The molecule has 0 radical (unpaired) electrons. The van der Waals surface area contributed by atoms with Gasteiger partial charge in [-0.25, -0.2) is 8.42 Å². The molecule has 3 N–H and O–H groups in total. The van der Waals surface area contributed by atoms with E-state index < -0.39 is 21.8 Å². The first-order valence-electron chi connectivity index (χ1n) is 3.84. The molecule has 5 nitrogen and oxygen atoms in total. The van der Waals surface area contributed by atoms with Crippen molar-refractivity contribution in [3.05, 3.63) is 12.2 Å². The fraction of sp³-hybridized carbons (Fsp3) is 0.571. The maximum absolute atomic E-state index is 11.2. The summed E-state index contributed by atoms with van der Waals surface area (Å²) in [6.45, 7) is 0. The SMILES string of the molecule is CS(=O)(=O)NC(=O)C1C=CC(N)C1. The summed E-state index contributed by atoms with van der Waals surface area (Å²) in [7, 11) is -3.45. The highest BCUT2D eigenvalue weighted by Gasteiger charge is 2.24. The molecule has 2 unspecified atom stereocenters. The van der Waals surface area contributed by atoms with Crippen molar-refractivity contribution in [1.29, 1.82) is 0 Å². The van der Waals surface area contributed by atoms with Crippen LogP contribution < -0.4 is 10.5 Å². The summed E-state index contributed by atoms with van der Waals surface area (Å²) in [6, 6.07) is -0.143. The van der Waals surface area contributed by atoms with Gasteiger partial charge in [0.15, 0.2) is 0 Å². The van der Waals surface area contributed by atoms with E-state index in [-0.39, 0.29) is 6.04 Å². The Labute approximate surface area is 77.0 Å². The van der Waals surface area contributed by atoms with E-state index in [0.29, 0.717) is 6.42 Å². The standard InChI is InChI=1S/C7H12N2O3S/c1-13(11,12)9-7(10)5-2-3-6(8)4-5/h2-3,5-6H,4,8H2,1H3,(H,9,10). The summed E-state index contributed by atoms with van der Waals surface area (Å²) >= 11 is 0. The summed E-state index contributed by atoms with van der Waals surface area (Å²) in [4.78, 5) is 11.2. The van der Waals surface area contributed by atoms with Crippen LogP contribution in [0.15, 0.2) is 12.2 Å². The monoisotopic (exact) mass is 204 g/mol. The van der Waals surface area contributed by atoms with Gasteiger partial charge in [-0.15, -0.1) is 0 Å². The molecular formula is C7H12N2O3S. The Hall–Kier alpha value is -0.880. The Balaban J connectivity index is 2.56. The van der Waals surface area contributed by atoms with Crippen molar-refractivity contribution in [2.45, 2.75) is 12.5 Å². The Morgan fingerprint density at radius 1 is 1.54 bits per heavy atom. The van der Waals surface area contributed by atoms with E-state index >= 15 is 0 Å². The lowest BCUT2D eigenvalue weighted by Gasteiger charge is -2.08. The minimum Gasteiger partial charge on any atom is -0.324 e. The van der Waals surface area contributed by atoms with E-state index in [2.05, 4.69) is 0 Å². The Kier molecular flexibility index (Phi) is 2.72. The van der Waals surface area contributed by atoms with Crippen molar-refractivity contribution >= 4 is 15.9 Å². The average Bonchev–Trinajstić information content (AvgIpc) is 2.31. The normalized spacial score (nSPS) is 27.5.